The van der Waals surface area contributed by atoms with Crippen molar-refractivity contribution in [3.8, 4) is 0 Å². The SMILES string of the molecule is CC1CCN(c2nnc(SCCS(=O)(=O)c3ccccc3)n2Cc2ccco2)CC1. The quantitative estimate of drug-likeness (QED) is 0.488. The number of hydrogen-bond donors (Lipinski definition) is 0. The lowest BCUT2D eigenvalue weighted by atomic mass is 10.00. The third-order valence-corrected chi connectivity index (χ3v) is 8.30. The van der Waals surface area contributed by atoms with Crippen LogP contribution in [0, 0.1) is 5.92 Å². The molecule has 0 aliphatic carbocycles. The Morgan fingerprint density at radius 1 is 1.10 bits per heavy atom. The number of anilines is 1. The standard InChI is InChI=1S/C21H26N4O3S2/c1-17-9-11-24(12-10-17)20-22-23-21(25(20)16-18-6-5-13-28-18)29-14-15-30(26,27)19-7-3-2-4-8-19/h2-8,13,17H,9-12,14-16H2,1H3. The second-order valence-corrected chi connectivity index (χ2v) is 10.8. The molecule has 30 heavy (non-hydrogen) atoms. The van der Waals surface area contributed by atoms with Gasteiger partial charge in [0.2, 0.25) is 5.95 Å². The van der Waals surface area contributed by atoms with E-state index in [0.29, 0.717) is 22.3 Å². The van der Waals surface area contributed by atoms with Crippen molar-refractivity contribution in [2.75, 3.05) is 29.5 Å². The van der Waals surface area contributed by atoms with Gasteiger partial charge in [-0.3, -0.25) is 4.57 Å². The van der Waals surface area contributed by atoms with E-state index in [1.54, 1.807) is 30.5 Å². The molecule has 0 bridgehead atoms. The van der Waals surface area contributed by atoms with Gasteiger partial charge in [0.05, 0.1) is 23.5 Å². The van der Waals surface area contributed by atoms with Gasteiger partial charge < -0.3 is 9.32 Å². The number of thioether (sulfide) groups is 1. The number of piperidine rings is 1. The molecule has 0 unspecified atom stereocenters. The minimum absolute atomic E-state index is 0.0475. The van der Waals surface area contributed by atoms with Crippen LogP contribution in [0.3, 0.4) is 0 Å². The van der Waals surface area contributed by atoms with E-state index in [9.17, 15) is 8.42 Å². The molecule has 3 aromatic rings. The third kappa shape index (κ3) is 4.89. The number of rotatable bonds is 8. The van der Waals surface area contributed by atoms with E-state index >= 15 is 0 Å². The van der Waals surface area contributed by atoms with Crippen molar-refractivity contribution in [3.63, 3.8) is 0 Å². The van der Waals surface area contributed by atoms with Crippen LogP contribution in [0.4, 0.5) is 5.95 Å². The van der Waals surface area contributed by atoms with Crippen LogP contribution in [-0.4, -0.2) is 47.8 Å². The lowest BCUT2D eigenvalue weighted by molar-refractivity contribution is 0.427. The van der Waals surface area contributed by atoms with Gasteiger partial charge >= 0.3 is 0 Å². The molecule has 0 atom stereocenters. The Labute approximate surface area is 181 Å². The smallest absolute Gasteiger partial charge is 0.228 e. The van der Waals surface area contributed by atoms with Crippen LogP contribution in [0.15, 0.2) is 63.2 Å². The van der Waals surface area contributed by atoms with Crippen LogP contribution >= 0.6 is 11.8 Å². The molecule has 2 aromatic heterocycles. The summed E-state index contributed by atoms with van der Waals surface area (Å²) in [5, 5.41) is 9.54. The largest absolute Gasteiger partial charge is 0.467 e. The Balaban J connectivity index is 1.49. The first-order valence-electron chi connectivity index (χ1n) is 10.1. The molecule has 0 saturated carbocycles. The summed E-state index contributed by atoms with van der Waals surface area (Å²) in [5.41, 5.74) is 0. The predicted molar refractivity (Wildman–Crippen MR) is 118 cm³/mol. The third-order valence-electron chi connectivity index (χ3n) is 5.34. The lowest BCUT2D eigenvalue weighted by Gasteiger charge is -2.31. The van der Waals surface area contributed by atoms with E-state index in [4.69, 9.17) is 4.42 Å². The van der Waals surface area contributed by atoms with E-state index in [1.165, 1.54) is 11.8 Å². The summed E-state index contributed by atoms with van der Waals surface area (Å²) in [6.07, 6.45) is 3.91. The zero-order valence-corrected chi connectivity index (χ0v) is 18.6. The molecule has 1 fully saturated rings. The van der Waals surface area contributed by atoms with Crippen LogP contribution in [0.1, 0.15) is 25.5 Å². The first-order chi connectivity index (χ1) is 14.5. The minimum Gasteiger partial charge on any atom is -0.467 e. The molecule has 0 radical (unpaired) electrons. The monoisotopic (exact) mass is 446 g/mol. The van der Waals surface area contributed by atoms with E-state index in [-0.39, 0.29) is 5.75 Å². The molecule has 0 spiro atoms. The fourth-order valence-electron chi connectivity index (χ4n) is 3.52. The molecule has 3 heterocycles. The summed E-state index contributed by atoms with van der Waals surface area (Å²) in [4.78, 5) is 2.62. The molecule has 7 nitrogen and oxygen atoms in total. The average molecular weight is 447 g/mol. The highest BCUT2D eigenvalue weighted by molar-refractivity contribution is 8.00. The molecular formula is C21H26N4O3S2. The number of furan rings is 1. The van der Waals surface area contributed by atoms with E-state index in [0.717, 1.165) is 43.6 Å². The molecule has 1 saturated heterocycles. The lowest BCUT2D eigenvalue weighted by Crippen LogP contribution is -2.35. The second kappa shape index (κ2) is 9.26. The zero-order valence-electron chi connectivity index (χ0n) is 17.0. The summed E-state index contributed by atoms with van der Waals surface area (Å²) in [6, 6.07) is 12.4. The normalized spacial score (nSPS) is 15.6. The van der Waals surface area contributed by atoms with Gasteiger partial charge in [-0.2, -0.15) is 0 Å². The van der Waals surface area contributed by atoms with Gasteiger partial charge in [0.1, 0.15) is 5.76 Å². The molecule has 9 heteroatoms. The van der Waals surface area contributed by atoms with E-state index in [1.807, 2.05) is 22.8 Å². The van der Waals surface area contributed by atoms with Crippen LogP contribution in [0.2, 0.25) is 0 Å². The molecule has 0 amide bonds. The van der Waals surface area contributed by atoms with Gasteiger partial charge in [-0.25, -0.2) is 8.42 Å². The van der Waals surface area contributed by atoms with Crippen molar-refractivity contribution >= 4 is 27.5 Å². The Hall–Kier alpha value is -2.26. The maximum absolute atomic E-state index is 12.6. The first kappa shape index (κ1) is 21.0. The van der Waals surface area contributed by atoms with E-state index in [2.05, 4.69) is 22.0 Å². The molecule has 0 N–H and O–H groups in total. The van der Waals surface area contributed by atoms with Gasteiger partial charge in [0.15, 0.2) is 15.0 Å². The fraction of sp³-hybridized carbons (Fsp3) is 0.429. The predicted octanol–water partition coefficient (Wildman–Crippen LogP) is 3.72. The van der Waals surface area contributed by atoms with Crippen LogP contribution in [0.25, 0.3) is 0 Å². The summed E-state index contributed by atoms with van der Waals surface area (Å²) in [5.74, 6) is 2.82. The van der Waals surface area contributed by atoms with Crippen molar-refractivity contribution in [1.29, 1.82) is 0 Å². The summed E-state index contributed by atoms with van der Waals surface area (Å²) in [7, 11) is -3.32. The topological polar surface area (TPSA) is 81.2 Å². The summed E-state index contributed by atoms with van der Waals surface area (Å²) in [6.45, 7) is 4.70. The first-order valence-corrected chi connectivity index (χ1v) is 12.8. The number of nitrogens with zero attached hydrogens (tertiary/aromatic N) is 4. The van der Waals surface area contributed by atoms with Gasteiger partial charge in [-0.1, -0.05) is 36.9 Å². The number of hydrogen-bond acceptors (Lipinski definition) is 7. The number of benzene rings is 1. The van der Waals surface area contributed by atoms with Gasteiger partial charge in [0, 0.05) is 18.8 Å². The molecule has 1 aliphatic heterocycles. The second-order valence-electron chi connectivity index (χ2n) is 7.60. The average Bonchev–Trinajstić information content (AvgIpc) is 3.40. The van der Waals surface area contributed by atoms with Crippen molar-refractivity contribution in [2.45, 2.75) is 36.4 Å². The highest BCUT2D eigenvalue weighted by Gasteiger charge is 2.24. The molecule has 160 valence electrons. The van der Waals surface area contributed by atoms with E-state index < -0.39 is 9.84 Å². The number of sulfone groups is 1. The summed E-state index contributed by atoms with van der Waals surface area (Å²) >= 11 is 1.42. The van der Waals surface area contributed by atoms with Crippen LogP contribution in [-0.2, 0) is 16.4 Å². The Bertz CT molecular complexity index is 1040. The maximum Gasteiger partial charge on any atom is 0.228 e. The Kier molecular flexibility index (Phi) is 6.48. The van der Waals surface area contributed by atoms with Gasteiger partial charge in [0.25, 0.3) is 0 Å². The van der Waals surface area contributed by atoms with Crippen LogP contribution in [0.5, 0.6) is 0 Å². The molecule has 1 aromatic carbocycles. The number of aromatic nitrogens is 3. The van der Waals surface area contributed by atoms with Crippen molar-refractivity contribution < 1.29 is 12.8 Å². The summed E-state index contributed by atoms with van der Waals surface area (Å²) < 4.78 is 32.7. The Morgan fingerprint density at radius 3 is 2.57 bits per heavy atom. The molecular weight excluding hydrogens is 420 g/mol. The zero-order chi connectivity index (χ0) is 21.0. The fourth-order valence-corrected chi connectivity index (χ4v) is 6.12. The van der Waals surface area contributed by atoms with Crippen molar-refractivity contribution in [2.24, 2.45) is 5.92 Å². The molecule has 1 aliphatic rings. The minimum atomic E-state index is -3.32. The van der Waals surface area contributed by atoms with Crippen molar-refractivity contribution in [1.82, 2.24) is 14.8 Å². The highest BCUT2D eigenvalue weighted by Crippen LogP contribution is 2.27. The van der Waals surface area contributed by atoms with Gasteiger partial charge in [-0.05, 0) is 43.0 Å². The highest BCUT2D eigenvalue weighted by atomic mass is 32.2. The van der Waals surface area contributed by atoms with Gasteiger partial charge in [-0.15, -0.1) is 10.2 Å². The maximum atomic E-state index is 12.6. The Morgan fingerprint density at radius 2 is 1.87 bits per heavy atom. The van der Waals surface area contributed by atoms with Crippen LogP contribution < -0.4 is 4.90 Å². The molecule has 4 rings (SSSR count). The van der Waals surface area contributed by atoms with Crippen molar-refractivity contribution in [3.05, 3.63) is 54.5 Å².